The third kappa shape index (κ3) is 3.12. The number of imide groups is 1. The highest BCUT2D eigenvalue weighted by atomic mass is 16.5. The van der Waals surface area contributed by atoms with Crippen molar-refractivity contribution in [2.75, 3.05) is 26.7 Å². The van der Waals surface area contributed by atoms with Gasteiger partial charge in [-0.25, -0.2) is 0 Å². The average Bonchev–Trinajstić information content (AvgIpc) is 2.85. The lowest BCUT2D eigenvalue weighted by atomic mass is 10.0. The van der Waals surface area contributed by atoms with Gasteiger partial charge in [-0.1, -0.05) is 6.42 Å². The molecule has 0 spiro atoms. The second kappa shape index (κ2) is 6.14. The first kappa shape index (κ1) is 14.0. The highest BCUT2D eigenvalue weighted by Gasteiger charge is 2.33. The van der Waals surface area contributed by atoms with Crippen LogP contribution in [-0.2, 0) is 19.1 Å². The number of methoxy groups -OCH3 is 1. The molecule has 1 unspecified atom stereocenters. The molecule has 0 saturated carbocycles. The molecule has 6 nitrogen and oxygen atoms in total. The molecule has 0 aromatic heterocycles. The number of hydrogen-bond donors (Lipinski definition) is 0. The van der Waals surface area contributed by atoms with Crippen molar-refractivity contribution in [2.45, 2.75) is 38.1 Å². The molecule has 2 rings (SSSR count). The fourth-order valence-electron chi connectivity index (χ4n) is 2.75. The number of piperidine rings is 1. The van der Waals surface area contributed by atoms with Crippen LogP contribution in [-0.4, -0.2) is 60.4 Å². The Kier molecular flexibility index (Phi) is 4.52. The zero-order valence-electron chi connectivity index (χ0n) is 11.3. The Morgan fingerprint density at radius 3 is 2.68 bits per heavy atom. The fourth-order valence-corrected chi connectivity index (χ4v) is 2.75. The smallest absolute Gasteiger partial charge is 0.323 e. The van der Waals surface area contributed by atoms with Crippen LogP contribution in [0.3, 0.4) is 0 Å². The van der Waals surface area contributed by atoms with E-state index in [4.69, 9.17) is 4.74 Å². The predicted octanol–water partition coefficient (Wildman–Crippen LogP) is 0.163. The summed E-state index contributed by atoms with van der Waals surface area (Å²) in [6, 6.07) is -0.347. The van der Waals surface area contributed by atoms with E-state index in [9.17, 15) is 14.4 Å². The fraction of sp³-hybridized carbons (Fsp3) is 0.769. The lowest BCUT2D eigenvalue weighted by Gasteiger charge is -2.33. The number of hydrogen-bond acceptors (Lipinski definition) is 5. The number of amides is 2. The van der Waals surface area contributed by atoms with Crippen molar-refractivity contribution in [1.29, 1.82) is 0 Å². The number of ether oxygens (including phenoxy) is 1. The molecule has 2 fully saturated rings. The summed E-state index contributed by atoms with van der Waals surface area (Å²) in [5, 5.41) is 0. The van der Waals surface area contributed by atoms with Crippen LogP contribution >= 0.6 is 0 Å². The van der Waals surface area contributed by atoms with Crippen molar-refractivity contribution in [3.63, 3.8) is 0 Å². The van der Waals surface area contributed by atoms with Crippen LogP contribution in [0, 0.1) is 0 Å². The first-order chi connectivity index (χ1) is 9.13. The lowest BCUT2D eigenvalue weighted by Crippen LogP contribution is -2.50. The van der Waals surface area contributed by atoms with Crippen molar-refractivity contribution in [3.05, 3.63) is 0 Å². The van der Waals surface area contributed by atoms with Gasteiger partial charge >= 0.3 is 5.97 Å². The summed E-state index contributed by atoms with van der Waals surface area (Å²) in [6.45, 7) is 1.34. The minimum absolute atomic E-state index is 0.100. The van der Waals surface area contributed by atoms with Crippen molar-refractivity contribution in [3.8, 4) is 0 Å². The Bertz CT molecular complexity index is 383. The van der Waals surface area contributed by atoms with Gasteiger partial charge in [-0.05, 0) is 25.8 Å². The number of likely N-dealkylation sites (tertiary alicyclic amines) is 2. The van der Waals surface area contributed by atoms with Crippen molar-refractivity contribution >= 4 is 17.8 Å². The summed E-state index contributed by atoms with van der Waals surface area (Å²) in [7, 11) is 1.36. The molecule has 2 aliphatic rings. The van der Waals surface area contributed by atoms with Gasteiger partial charge in [-0.15, -0.1) is 0 Å². The summed E-state index contributed by atoms with van der Waals surface area (Å²) >= 11 is 0. The third-order valence-corrected chi connectivity index (χ3v) is 3.80. The number of esters is 1. The van der Waals surface area contributed by atoms with E-state index in [2.05, 4.69) is 0 Å². The van der Waals surface area contributed by atoms with E-state index in [1.54, 1.807) is 0 Å². The summed E-state index contributed by atoms with van der Waals surface area (Å²) in [5.74, 6) is -0.588. The second-order valence-electron chi connectivity index (χ2n) is 5.05. The molecule has 19 heavy (non-hydrogen) atoms. The van der Waals surface area contributed by atoms with Crippen LogP contribution in [0.5, 0.6) is 0 Å². The molecule has 1 atom stereocenters. The predicted molar refractivity (Wildman–Crippen MR) is 67.2 cm³/mol. The molecule has 2 heterocycles. The Labute approximate surface area is 112 Å². The van der Waals surface area contributed by atoms with Gasteiger partial charge in [-0.2, -0.15) is 0 Å². The number of nitrogens with zero attached hydrogens (tertiary/aromatic N) is 2. The van der Waals surface area contributed by atoms with E-state index in [-0.39, 0.29) is 30.4 Å². The van der Waals surface area contributed by atoms with Crippen LogP contribution in [0.4, 0.5) is 0 Å². The van der Waals surface area contributed by atoms with Gasteiger partial charge in [0.15, 0.2) is 0 Å². The van der Waals surface area contributed by atoms with Crippen LogP contribution in [0.1, 0.15) is 32.1 Å². The number of carbonyl (C=O) groups is 3. The molecule has 0 aromatic rings. The number of carbonyl (C=O) groups excluding carboxylic acids is 3. The van der Waals surface area contributed by atoms with Crippen LogP contribution < -0.4 is 0 Å². The Balaban J connectivity index is 1.97. The molecule has 0 radical (unpaired) electrons. The minimum atomic E-state index is -0.347. The van der Waals surface area contributed by atoms with E-state index in [1.807, 2.05) is 4.90 Å². The molecule has 2 aliphatic heterocycles. The van der Waals surface area contributed by atoms with Gasteiger partial charge < -0.3 is 4.74 Å². The molecule has 0 aromatic carbocycles. The normalized spacial score (nSPS) is 24.6. The second-order valence-corrected chi connectivity index (χ2v) is 5.05. The molecule has 0 N–H and O–H groups in total. The van der Waals surface area contributed by atoms with Crippen LogP contribution in [0.2, 0.25) is 0 Å². The quantitative estimate of drug-likeness (QED) is 0.682. The van der Waals surface area contributed by atoms with Crippen LogP contribution in [0.25, 0.3) is 0 Å². The maximum absolute atomic E-state index is 12.1. The zero-order valence-corrected chi connectivity index (χ0v) is 11.3. The minimum Gasteiger partial charge on any atom is -0.468 e. The van der Waals surface area contributed by atoms with Crippen molar-refractivity contribution in [1.82, 2.24) is 9.80 Å². The average molecular weight is 268 g/mol. The van der Waals surface area contributed by atoms with Gasteiger partial charge in [0.1, 0.15) is 6.04 Å². The highest BCUT2D eigenvalue weighted by Crippen LogP contribution is 2.19. The lowest BCUT2D eigenvalue weighted by molar-refractivity contribution is -0.150. The maximum atomic E-state index is 12.1. The standard InChI is InChI=1S/C13H20N2O4/c1-19-13(18)10-5-2-3-7-14(10)9-12(17)15-8-4-6-11(15)16/h10H,2-9H2,1H3. The molecule has 2 saturated heterocycles. The molecule has 106 valence electrons. The van der Waals surface area contributed by atoms with Gasteiger partial charge in [0.25, 0.3) is 0 Å². The van der Waals surface area contributed by atoms with Gasteiger partial charge in [-0.3, -0.25) is 24.2 Å². The summed E-state index contributed by atoms with van der Waals surface area (Å²) in [4.78, 5) is 38.4. The monoisotopic (exact) mass is 268 g/mol. The highest BCUT2D eigenvalue weighted by molar-refractivity contribution is 5.97. The van der Waals surface area contributed by atoms with E-state index in [0.29, 0.717) is 25.9 Å². The largest absolute Gasteiger partial charge is 0.468 e. The summed E-state index contributed by atoms with van der Waals surface area (Å²) in [5.41, 5.74) is 0. The molecule has 2 amide bonds. The molecular weight excluding hydrogens is 248 g/mol. The van der Waals surface area contributed by atoms with Gasteiger partial charge in [0, 0.05) is 13.0 Å². The van der Waals surface area contributed by atoms with E-state index in [0.717, 1.165) is 19.3 Å². The molecule has 6 heteroatoms. The van der Waals surface area contributed by atoms with E-state index in [1.165, 1.54) is 12.0 Å². The first-order valence-electron chi connectivity index (χ1n) is 6.78. The third-order valence-electron chi connectivity index (χ3n) is 3.80. The summed E-state index contributed by atoms with van der Waals surface area (Å²) in [6.07, 6.45) is 3.84. The Hall–Kier alpha value is -1.43. The Morgan fingerprint density at radius 2 is 2.05 bits per heavy atom. The van der Waals surface area contributed by atoms with Crippen LogP contribution in [0.15, 0.2) is 0 Å². The van der Waals surface area contributed by atoms with Gasteiger partial charge in [0.05, 0.1) is 13.7 Å². The molecule has 0 aliphatic carbocycles. The Morgan fingerprint density at radius 1 is 1.26 bits per heavy atom. The SMILES string of the molecule is COC(=O)C1CCCCN1CC(=O)N1CCCC1=O. The topological polar surface area (TPSA) is 66.9 Å². The van der Waals surface area contributed by atoms with Gasteiger partial charge in [0.2, 0.25) is 11.8 Å². The van der Waals surface area contributed by atoms with E-state index >= 15 is 0 Å². The number of rotatable bonds is 3. The molecular formula is C13H20N2O4. The maximum Gasteiger partial charge on any atom is 0.323 e. The zero-order chi connectivity index (χ0) is 13.8. The van der Waals surface area contributed by atoms with Crippen molar-refractivity contribution < 1.29 is 19.1 Å². The summed E-state index contributed by atoms with van der Waals surface area (Å²) < 4.78 is 4.78. The van der Waals surface area contributed by atoms with Crippen molar-refractivity contribution in [2.24, 2.45) is 0 Å². The van der Waals surface area contributed by atoms with E-state index < -0.39 is 0 Å². The first-order valence-corrected chi connectivity index (χ1v) is 6.78. The molecule has 0 bridgehead atoms.